The van der Waals surface area contributed by atoms with Crippen molar-refractivity contribution in [1.82, 2.24) is 4.90 Å². The number of carbonyl (C=O) groups excluding carboxylic acids is 4. The van der Waals surface area contributed by atoms with Crippen LogP contribution in [0.15, 0.2) is 47.4 Å². The van der Waals surface area contributed by atoms with Crippen LogP contribution in [0.1, 0.15) is 12.5 Å². The zero-order valence-electron chi connectivity index (χ0n) is 20.8. The van der Waals surface area contributed by atoms with Crippen LogP contribution >= 0.6 is 11.8 Å². The van der Waals surface area contributed by atoms with E-state index in [4.69, 9.17) is 19.9 Å². The van der Waals surface area contributed by atoms with E-state index in [1.807, 2.05) is 18.2 Å². The fraction of sp³-hybridized carbons (Fsp3) is 0.308. The van der Waals surface area contributed by atoms with Gasteiger partial charge in [0.1, 0.15) is 6.54 Å². The number of morpholine rings is 1. The number of rotatable bonds is 10. The van der Waals surface area contributed by atoms with Crippen LogP contribution in [0.3, 0.4) is 0 Å². The van der Waals surface area contributed by atoms with Gasteiger partial charge in [0.25, 0.3) is 17.1 Å². The third kappa shape index (κ3) is 6.64. The molecule has 12 heteroatoms. The van der Waals surface area contributed by atoms with Gasteiger partial charge in [-0.25, -0.2) is 0 Å². The van der Waals surface area contributed by atoms with Crippen molar-refractivity contribution in [2.24, 2.45) is 5.73 Å². The van der Waals surface area contributed by atoms with Crippen molar-refractivity contribution in [3.05, 3.63) is 52.9 Å². The number of para-hydroxylation sites is 2. The molecule has 2 saturated heterocycles. The summed E-state index contributed by atoms with van der Waals surface area (Å²) in [6.07, 6.45) is 1.54. The van der Waals surface area contributed by atoms with E-state index in [2.05, 4.69) is 10.2 Å². The summed E-state index contributed by atoms with van der Waals surface area (Å²) >= 11 is 0.752. The molecule has 0 bridgehead atoms. The van der Waals surface area contributed by atoms with Crippen LogP contribution in [0, 0.1) is 0 Å². The molecular weight excluding hydrogens is 512 g/mol. The highest BCUT2D eigenvalue weighted by molar-refractivity contribution is 8.18. The Bertz CT molecular complexity index is 1260. The summed E-state index contributed by atoms with van der Waals surface area (Å²) in [5, 5.41) is 2.29. The minimum atomic E-state index is -0.626. The Morgan fingerprint density at radius 2 is 1.87 bits per heavy atom. The molecule has 200 valence electrons. The van der Waals surface area contributed by atoms with Crippen molar-refractivity contribution in [3.8, 4) is 11.5 Å². The van der Waals surface area contributed by atoms with Gasteiger partial charge < -0.3 is 30.2 Å². The van der Waals surface area contributed by atoms with Crippen molar-refractivity contribution in [1.29, 1.82) is 0 Å². The molecule has 4 amide bonds. The number of benzene rings is 2. The second kappa shape index (κ2) is 12.5. The molecule has 2 aromatic carbocycles. The summed E-state index contributed by atoms with van der Waals surface area (Å²) in [5.41, 5.74) is 7.17. The summed E-state index contributed by atoms with van der Waals surface area (Å²) in [6.45, 7) is 4.01. The van der Waals surface area contributed by atoms with Gasteiger partial charge in [0.15, 0.2) is 18.1 Å². The molecule has 0 spiro atoms. The van der Waals surface area contributed by atoms with Gasteiger partial charge in [-0.2, -0.15) is 0 Å². The van der Waals surface area contributed by atoms with Crippen LogP contribution in [-0.2, 0) is 19.1 Å². The average Bonchev–Trinajstić information content (AvgIpc) is 3.16. The van der Waals surface area contributed by atoms with Crippen LogP contribution in [0.4, 0.5) is 16.2 Å². The van der Waals surface area contributed by atoms with E-state index in [0.717, 1.165) is 22.3 Å². The maximum absolute atomic E-state index is 13.0. The molecule has 0 saturated carbocycles. The molecule has 2 aromatic rings. The van der Waals surface area contributed by atoms with E-state index in [9.17, 15) is 19.2 Å². The highest BCUT2D eigenvalue weighted by Gasteiger charge is 2.36. The van der Waals surface area contributed by atoms with Crippen LogP contribution in [0.5, 0.6) is 11.5 Å². The number of ether oxygens (including phenoxy) is 3. The third-order valence-corrected chi connectivity index (χ3v) is 6.55. The number of nitrogens with zero attached hydrogens (tertiary/aromatic N) is 2. The van der Waals surface area contributed by atoms with E-state index in [1.54, 1.807) is 31.2 Å². The van der Waals surface area contributed by atoms with Gasteiger partial charge in [-0.1, -0.05) is 18.2 Å². The summed E-state index contributed by atoms with van der Waals surface area (Å²) in [5.74, 6) is -0.990. The lowest BCUT2D eigenvalue weighted by Crippen LogP contribution is -2.38. The van der Waals surface area contributed by atoms with Crippen molar-refractivity contribution in [2.45, 2.75) is 6.92 Å². The Hall–Kier alpha value is -4.03. The smallest absolute Gasteiger partial charge is 0.294 e. The Kier molecular flexibility index (Phi) is 8.87. The highest BCUT2D eigenvalue weighted by atomic mass is 32.2. The van der Waals surface area contributed by atoms with Gasteiger partial charge >= 0.3 is 0 Å². The predicted molar refractivity (Wildman–Crippen MR) is 143 cm³/mol. The molecule has 0 aromatic heterocycles. The first-order chi connectivity index (χ1) is 18.4. The van der Waals surface area contributed by atoms with Gasteiger partial charge in [0, 0.05) is 13.1 Å². The van der Waals surface area contributed by atoms with E-state index in [1.165, 1.54) is 6.08 Å². The van der Waals surface area contributed by atoms with E-state index in [-0.39, 0.29) is 11.5 Å². The Morgan fingerprint density at radius 3 is 2.61 bits per heavy atom. The van der Waals surface area contributed by atoms with Crippen molar-refractivity contribution < 1.29 is 33.4 Å². The molecule has 2 aliphatic rings. The van der Waals surface area contributed by atoms with Crippen molar-refractivity contribution in [3.63, 3.8) is 0 Å². The molecule has 0 radical (unpaired) electrons. The minimum absolute atomic E-state index is 0.171. The summed E-state index contributed by atoms with van der Waals surface area (Å²) < 4.78 is 16.3. The Morgan fingerprint density at radius 1 is 1.11 bits per heavy atom. The average molecular weight is 541 g/mol. The monoisotopic (exact) mass is 540 g/mol. The molecule has 11 nitrogen and oxygen atoms in total. The first kappa shape index (κ1) is 27.0. The summed E-state index contributed by atoms with van der Waals surface area (Å²) in [7, 11) is 0. The molecule has 38 heavy (non-hydrogen) atoms. The Labute approximate surface area is 223 Å². The van der Waals surface area contributed by atoms with Gasteiger partial charge in [-0.15, -0.1) is 0 Å². The second-order valence-electron chi connectivity index (χ2n) is 8.33. The highest BCUT2D eigenvalue weighted by Crippen LogP contribution is 2.35. The normalized spacial score (nSPS) is 16.6. The predicted octanol–water partition coefficient (Wildman–Crippen LogP) is 2.46. The van der Waals surface area contributed by atoms with E-state index >= 15 is 0 Å². The topological polar surface area (TPSA) is 140 Å². The van der Waals surface area contributed by atoms with Gasteiger partial charge in [-0.3, -0.25) is 24.1 Å². The quantitative estimate of drug-likeness (QED) is 0.435. The number of anilines is 2. The zero-order valence-corrected chi connectivity index (χ0v) is 21.6. The number of thioether (sulfide) groups is 1. The summed E-state index contributed by atoms with van der Waals surface area (Å²) in [4.78, 5) is 52.6. The van der Waals surface area contributed by atoms with Crippen molar-refractivity contribution in [2.75, 3.05) is 56.3 Å². The fourth-order valence-electron chi connectivity index (χ4n) is 3.93. The molecule has 2 fully saturated rings. The lowest BCUT2D eigenvalue weighted by atomic mass is 10.2. The first-order valence-electron chi connectivity index (χ1n) is 12.0. The third-order valence-electron chi connectivity index (χ3n) is 5.64. The van der Waals surface area contributed by atoms with Crippen LogP contribution in [-0.4, -0.2) is 73.9 Å². The lowest BCUT2D eigenvalue weighted by Gasteiger charge is -2.30. The molecule has 2 heterocycles. The number of amides is 4. The minimum Gasteiger partial charge on any atom is -0.490 e. The van der Waals surface area contributed by atoms with Crippen LogP contribution in [0.2, 0.25) is 0 Å². The maximum Gasteiger partial charge on any atom is 0.294 e. The van der Waals surface area contributed by atoms with Crippen LogP contribution < -0.4 is 25.4 Å². The van der Waals surface area contributed by atoms with Crippen molar-refractivity contribution >= 4 is 52.2 Å². The second-order valence-corrected chi connectivity index (χ2v) is 9.32. The Balaban J connectivity index is 1.44. The number of nitrogens with one attached hydrogen (secondary N) is 1. The lowest BCUT2D eigenvalue weighted by molar-refractivity contribution is -0.127. The number of nitrogens with two attached hydrogens (primary N) is 1. The molecule has 0 atom stereocenters. The standard InChI is InChI=1S/C26H28N4O7S/c1-2-36-21-13-17(7-8-20(21)37-16-23(27)31)14-22-25(33)30(26(34)38-22)15-24(32)28-18-5-3-4-6-19(18)29-9-11-35-12-10-29/h3-8,13-14H,2,9-12,15-16H2,1H3,(H2,27,31)(H,28,32)/b22-14-. The van der Waals surface area contributed by atoms with Gasteiger partial charge in [0.05, 0.1) is 36.1 Å². The van der Waals surface area contributed by atoms with E-state index < -0.39 is 29.5 Å². The SMILES string of the molecule is CCOc1cc(/C=C2\SC(=O)N(CC(=O)Nc3ccccc3N3CCOCC3)C2=O)ccc1OCC(N)=O. The van der Waals surface area contributed by atoms with Crippen LogP contribution in [0.25, 0.3) is 6.08 Å². The number of imide groups is 1. The zero-order chi connectivity index (χ0) is 27.1. The molecule has 0 unspecified atom stereocenters. The molecule has 3 N–H and O–H groups in total. The van der Waals surface area contributed by atoms with E-state index in [0.29, 0.717) is 55.7 Å². The maximum atomic E-state index is 13.0. The number of carbonyl (C=O) groups is 4. The number of hydrogen-bond acceptors (Lipinski definition) is 9. The molecule has 2 aliphatic heterocycles. The largest absolute Gasteiger partial charge is 0.490 e. The number of hydrogen-bond donors (Lipinski definition) is 2. The van der Waals surface area contributed by atoms with Gasteiger partial charge in [0.2, 0.25) is 5.91 Å². The molecular formula is C26H28N4O7S. The molecule has 4 rings (SSSR count). The fourth-order valence-corrected chi connectivity index (χ4v) is 4.77. The summed E-state index contributed by atoms with van der Waals surface area (Å²) in [6, 6.07) is 12.3. The first-order valence-corrected chi connectivity index (χ1v) is 12.8. The molecule has 0 aliphatic carbocycles. The van der Waals surface area contributed by atoms with Gasteiger partial charge in [-0.05, 0) is 54.6 Å². The number of primary amides is 1.